The van der Waals surface area contributed by atoms with Crippen LogP contribution in [0.4, 0.5) is 0 Å². The number of hydrogen-bond donors (Lipinski definition) is 1. The molecule has 1 fully saturated rings. The van der Waals surface area contributed by atoms with Crippen molar-refractivity contribution < 1.29 is 14.3 Å². The van der Waals surface area contributed by atoms with Crippen LogP contribution in [0.5, 0.6) is 11.5 Å². The molecular formula is C23H29N3O3. The van der Waals surface area contributed by atoms with E-state index in [1.807, 2.05) is 30.3 Å². The van der Waals surface area contributed by atoms with E-state index in [0.29, 0.717) is 18.0 Å². The zero-order chi connectivity index (χ0) is 20.1. The number of para-hydroxylation sites is 2. The molecule has 0 spiro atoms. The van der Waals surface area contributed by atoms with Crippen LogP contribution in [-0.4, -0.2) is 61.1 Å². The fourth-order valence-electron chi connectivity index (χ4n) is 3.83. The van der Waals surface area contributed by atoms with Crippen LogP contribution in [-0.2, 0) is 17.9 Å². The third-order valence-electron chi connectivity index (χ3n) is 5.68. The van der Waals surface area contributed by atoms with E-state index in [1.54, 1.807) is 0 Å². The van der Waals surface area contributed by atoms with E-state index < -0.39 is 6.10 Å². The highest BCUT2D eigenvalue weighted by molar-refractivity contribution is 5.81. The number of amides is 1. The monoisotopic (exact) mass is 395 g/mol. The Morgan fingerprint density at radius 2 is 1.62 bits per heavy atom. The lowest BCUT2D eigenvalue weighted by Crippen LogP contribution is -2.46. The second-order valence-corrected chi connectivity index (χ2v) is 7.56. The van der Waals surface area contributed by atoms with Crippen LogP contribution in [0.2, 0.25) is 0 Å². The first kappa shape index (κ1) is 19.7. The lowest BCUT2D eigenvalue weighted by molar-refractivity contribution is -0.130. The first-order valence-electron chi connectivity index (χ1n) is 10.4. The van der Waals surface area contributed by atoms with E-state index >= 15 is 0 Å². The lowest BCUT2D eigenvalue weighted by atomic mass is 10.1. The number of benzene rings is 2. The topological polar surface area (TPSA) is 54.0 Å². The standard InChI is InChI=1S/C23H29N3O3/c1-2-25-11-13-26(14-12-25)16-19-8-4-3-7-18(19)15-24-23(27)22-17-28-20-9-5-6-10-21(20)29-22/h3-10,22H,2,11-17H2,1H3,(H,24,27). The molecule has 0 radical (unpaired) electrons. The number of fused-ring (bicyclic) bond motifs is 1. The Balaban J connectivity index is 1.33. The molecule has 2 aromatic rings. The Bertz CT molecular complexity index is 834. The molecule has 2 aliphatic heterocycles. The fraction of sp³-hybridized carbons (Fsp3) is 0.435. The Labute approximate surface area is 172 Å². The van der Waals surface area contributed by atoms with E-state index in [0.717, 1.165) is 44.8 Å². The van der Waals surface area contributed by atoms with Gasteiger partial charge < -0.3 is 19.7 Å². The van der Waals surface area contributed by atoms with Gasteiger partial charge in [-0.3, -0.25) is 9.69 Å². The minimum Gasteiger partial charge on any atom is -0.485 e. The molecule has 6 heteroatoms. The molecule has 1 N–H and O–H groups in total. The second-order valence-electron chi connectivity index (χ2n) is 7.56. The van der Waals surface area contributed by atoms with Crippen molar-refractivity contribution in [1.29, 1.82) is 0 Å². The molecule has 2 heterocycles. The maximum absolute atomic E-state index is 12.6. The number of likely N-dealkylation sites (N-methyl/N-ethyl adjacent to an activating group) is 1. The predicted octanol–water partition coefficient (Wildman–Crippen LogP) is 2.28. The molecule has 0 bridgehead atoms. The summed E-state index contributed by atoms with van der Waals surface area (Å²) >= 11 is 0. The average molecular weight is 396 g/mol. The minimum absolute atomic E-state index is 0.147. The Morgan fingerprint density at radius 3 is 2.38 bits per heavy atom. The van der Waals surface area contributed by atoms with Gasteiger partial charge in [-0.25, -0.2) is 0 Å². The van der Waals surface area contributed by atoms with Crippen molar-refractivity contribution in [3.8, 4) is 11.5 Å². The van der Waals surface area contributed by atoms with Crippen molar-refractivity contribution in [2.24, 2.45) is 0 Å². The minimum atomic E-state index is -0.626. The van der Waals surface area contributed by atoms with Gasteiger partial charge in [0.1, 0.15) is 6.61 Å². The van der Waals surface area contributed by atoms with Crippen molar-refractivity contribution in [2.45, 2.75) is 26.1 Å². The molecule has 4 rings (SSSR count). The number of rotatable bonds is 6. The van der Waals surface area contributed by atoms with Crippen LogP contribution in [0.15, 0.2) is 48.5 Å². The van der Waals surface area contributed by atoms with Gasteiger partial charge in [0.15, 0.2) is 11.5 Å². The molecule has 6 nitrogen and oxygen atoms in total. The summed E-state index contributed by atoms with van der Waals surface area (Å²) in [6, 6.07) is 15.8. The van der Waals surface area contributed by atoms with Crippen molar-refractivity contribution in [3.05, 3.63) is 59.7 Å². The highest BCUT2D eigenvalue weighted by atomic mass is 16.6. The highest BCUT2D eigenvalue weighted by Crippen LogP contribution is 2.30. The number of piperazine rings is 1. The maximum atomic E-state index is 12.6. The second kappa shape index (κ2) is 9.29. The summed E-state index contributed by atoms with van der Waals surface area (Å²) in [7, 11) is 0. The van der Waals surface area contributed by atoms with Gasteiger partial charge in [0.05, 0.1) is 0 Å². The van der Waals surface area contributed by atoms with Crippen LogP contribution in [0, 0.1) is 0 Å². The fourth-order valence-corrected chi connectivity index (χ4v) is 3.83. The Kier molecular flexibility index (Phi) is 6.32. The number of ether oxygens (including phenoxy) is 2. The van der Waals surface area contributed by atoms with Crippen LogP contribution < -0.4 is 14.8 Å². The summed E-state index contributed by atoms with van der Waals surface area (Å²) in [4.78, 5) is 17.6. The molecule has 0 saturated carbocycles. The lowest BCUT2D eigenvalue weighted by Gasteiger charge is -2.34. The van der Waals surface area contributed by atoms with Crippen molar-refractivity contribution >= 4 is 5.91 Å². The maximum Gasteiger partial charge on any atom is 0.264 e. The van der Waals surface area contributed by atoms with Gasteiger partial charge in [-0.05, 0) is 29.8 Å². The zero-order valence-corrected chi connectivity index (χ0v) is 17.0. The summed E-state index contributed by atoms with van der Waals surface area (Å²) in [5.74, 6) is 1.15. The third-order valence-corrected chi connectivity index (χ3v) is 5.68. The smallest absolute Gasteiger partial charge is 0.264 e. The summed E-state index contributed by atoms with van der Waals surface area (Å²) in [5.41, 5.74) is 2.42. The highest BCUT2D eigenvalue weighted by Gasteiger charge is 2.27. The number of carbonyl (C=O) groups excluding carboxylic acids is 1. The summed E-state index contributed by atoms with van der Waals surface area (Å²) in [5, 5.41) is 3.02. The summed E-state index contributed by atoms with van der Waals surface area (Å²) < 4.78 is 11.5. The normalized spacial score (nSPS) is 19.7. The van der Waals surface area contributed by atoms with Crippen LogP contribution in [0.1, 0.15) is 18.1 Å². The van der Waals surface area contributed by atoms with Crippen molar-refractivity contribution in [3.63, 3.8) is 0 Å². The Hall–Kier alpha value is -2.57. The molecule has 1 atom stereocenters. The molecule has 0 aromatic heterocycles. The molecule has 2 aromatic carbocycles. The quantitative estimate of drug-likeness (QED) is 0.813. The van der Waals surface area contributed by atoms with Gasteiger partial charge in [-0.1, -0.05) is 43.3 Å². The van der Waals surface area contributed by atoms with E-state index in [1.165, 1.54) is 5.56 Å². The number of nitrogens with zero attached hydrogens (tertiary/aromatic N) is 2. The van der Waals surface area contributed by atoms with E-state index in [4.69, 9.17) is 9.47 Å². The average Bonchev–Trinajstić information content (AvgIpc) is 2.78. The first-order chi connectivity index (χ1) is 14.2. The summed E-state index contributed by atoms with van der Waals surface area (Å²) in [6.45, 7) is 9.38. The number of hydrogen-bond acceptors (Lipinski definition) is 5. The van der Waals surface area contributed by atoms with Gasteiger partial charge >= 0.3 is 0 Å². The molecule has 1 unspecified atom stereocenters. The van der Waals surface area contributed by atoms with Gasteiger partial charge in [0, 0.05) is 39.3 Å². The van der Waals surface area contributed by atoms with Crippen LogP contribution in [0.25, 0.3) is 0 Å². The van der Waals surface area contributed by atoms with Gasteiger partial charge in [-0.15, -0.1) is 0 Å². The van der Waals surface area contributed by atoms with Gasteiger partial charge in [-0.2, -0.15) is 0 Å². The zero-order valence-electron chi connectivity index (χ0n) is 17.0. The number of carbonyl (C=O) groups is 1. The third kappa shape index (κ3) is 4.89. The molecule has 29 heavy (non-hydrogen) atoms. The number of nitrogens with one attached hydrogen (secondary N) is 1. The van der Waals surface area contributed by atoms with E-state index in [-0.39, 0.29) is 12.5 Å². The molecule has 154 valence electrons. The van der Waals surface area contributed by atoms with Gasteiger partial charge in [0.2, 0.25) is 6.10 Å². The van der Waals surface area contributed by atoms with Gasteiger partial charge in [0.25, 0.3) is 5.91 Å². The van der Waals surface area contributed by atoms with Crippen LogP contribution >= 0.6 is 0 Å². The first-order valence-corrected chi connectivity index (χ1v) is 10.4. The molecule has 0 aliphatic carbocycles. The molecule has 1 amide bonds. The Morgan fingerprint density at radius 1 is 0.966 bits per heavy atom. The SMILES string of the molecule is CCN1CCN(Cc2ccccc2CNC(=O)C2COc3ccccc3O2)CC1. The molecule has 1 saturated heterocycles. The molecule has 2 aliphatic rings. The van der Waals surface area contributed by atoms with Crippen LogP contribution in [0.3, 0.4) is 0 Å². The van der Waals surface area contributed by atoms with E-state index in [9.17, 15) is 4.79 Å². The van der Waals surface area contributed by atoms with Crippen molar-refractivity contribution in [1.82, 2.24) is 15.1 Å². The van der Waals surface area contributed by atoms with Crippen molar-refractivity contribution in [2.75, 3.05) is 39.3 Å². The largest absolute Gasteiger partial charge is 0.485 e. The van der Waals surface area contributed by atoms with E-state index in [2.05, 4.69) is 40.2 Å². The predicted molar refractivity (Wildman–Crippen MR) is 112 cm³/mol. The molecular weight excluding hydrogens is 366 g/mol. The summed E-state index contributed by atoms with van der Waals surface area (Å²) in [6.07, 6.45) is -0.626.